The molecule has 0 radical (unpaired) electrons. The lowest BCUT2D eigenvalue weighted by Gasteiger charge is -2.05. The van der Waals surface area contributed by atoms with E-state index in [1.165, 1.54) is 4.57 Å². The molecule has 1 aromatic rings. The molecule has 0 unspecified atom stereocenters. The van der Waals surface area contributed by atoms with Gasteiger partial charge in [-0.2, -0.15) is 0 Å². The number of nitrogens with zero attached hydrogens (tertiary/aromatic N) is 4. The monoisotopic (exact) mass is 328 g/mol. The summed E-state index contributed by atoms with van der Waals surface area (Å²) < 4.78 is 6.05. The van der Waals surface area contributed by atoms with Crippen molar-refractivity contribution in [3.8, 4) is 0 Å². The molecule has 0 fully saturated rings. The number of ether oxygens (including phenoxy) is 1. The molecule has 23 heavy (non-hydrogen) atoms. The highest BCUT2D eigenvalue weighted by molar-refractivity contribution is 5.96. The van der Waals surface area contributed by atoms with Gasteiger partial charge in [-0.05, 0) is 11.3 Å². The van der Waals surface area contributed by atoms with Crippen molar-refractivity contribution in [2.24, 2.45) is 10.9 Å². The molecule has 0 saturated carbocycles. The van der Waals surface area contributed by atoms with E-state index in [0.717, 1.165) is 6.20 Å². The van der Waals surface area contributed by atoms with Crippen LogP contribution in [0.1, 0.15) is 18.7 Å². The number of nitrogens with two attached hydrogens (primary N) is 1. The number of guanidine groups is 1. The number of nitro groups is 1. The zero-order valence-corrected chi connectivity index (χ0v) is 12.3. The number of oxime groups is 1. The third-order valence-corrected chi connectivity index (χ3v) is 2.72. The fourth-order valence-electron chi connectivity index (χ4n) is 1.68. The molecule has 12 heteroatoms. The minimum Gasteiger partial charge on any atom is -0.456 e. The van der Waals surface area contributed by atoms with E-state index >= 15 is 0 Å². The number of nitrogens with one attached hydrogen (secondary N) is 1. The van der Waals surface area contributed by atoms with Crippen molar-refractivity contribution in [1.82, 2.24) is 14.9 Å². The average molecular weight is 328 g/mol. The summed E-state index contributed by atoms with van der Waals surface area (Å²) in [7, 11) is 0. The molecule has 12 nitrogen and oxygen atoms in total. The Morgan fingerprint density at radius 3 is 2.91 bits per heavy atom. The fourth-order valence-corrected chi connectivity index (χ4v) is 1.68. The van der Waals surface area contributed by atoms with Crippen LogP contribution in [0.15, 0.2) is 11.4 Å². The number of hydrogen-bond donors (Lipinski definition) is 3. The molecule has 0 aromatic carbocycles. The van der Waals surface area contributed by atoms with Gasteiger partial charge in [0.05, 0.1) is 6.54 Å². The molecule has 4 N–H and O–H groups in total. The van der Waals surface area contributed by atoms with Crippen molar-refractivity contribution in [3.63, 3.8) is 0 Å². The quantitative estimate of drug-likeness (QED) is 0.146. The zero-order valence-electron chi connectivity index (χ0n) is 12.3. The number of carbonyl (C=O) groups is 2. The third kappa shape index (κ3) is 5.61. The van der Waals surface area contributed by atoms with Crippen molar-refractivity contribution in [3.05, 3.63) is 22.1 Å². The molecular formula is C11H16N6O6. The molecule has 1 heterocycles. The molecule has 0 aliphatic rings. The highest BCUT2D eigenvalue weighted by Gasteiger charge is 2.17. The number of aromatic nitrogens is 2. The Labute approximate surface area is 130 Å². The van der Waals surface area contributed by atoms with E-state index in [-0.39, 0.29) is 25.2 Å². The second kappa shape index (κ2) is 8.31. The lowest BCUT2D eigenvalue weighted by molar-refractivity contribution is -0.392. The lowest BCUT2D eigenvalue weighted by atomic mass is 10.3. The van der Waals surface area contributed by atoms with Gasteiger partial charge in [-0.15, -0.1) is 0 Å². The van der Waals surface area contributed by atoms with Crippen molar-refractivity contribution in [1.29, 1.82) is 0 Å². The number of aryl methyl sites for hydroxylation is 1. The van der Waals surface area contributed by atoms with Crippen LogP contribution in [0.25, 0.3) is 0 Å². The Bertz CT molecular complexity index is 625. The largest absolute Gasteiger partial charge is 0.456 e. The van der Waals surface area contributed by atoms with E-state index in [4.69, 9.17) is 10.9 Å². The molecular weight excluding hydrogens is 312 g/mol. The predicted molar refractivity (Wildman–Crippen MR) is 75.4 cm³/mol. The minimum atomic E-state index is -0.755. The predicted octanol–water partition coefficient (Wildman–Crippen LogP) is -0.757. The van der Waals surface area contributed by atoms with E-state index in [2.05, 4.69) is 14.9 Å². The Morgan fingerprint density at radius 2 is 2.30 bits per heavy atom. The summed E-state index contributed by atoms with van der Waals surface area (Å²) >= 11 is 0. The first-order valence-corrected chi connectivity index (χ1v) is 6.44. The zero-order chi connectivity index (χ0) is 17.4. The number of imidazole rings is 1. The first-order chi connectivity index (χ1) is 10.8. The summed E-state index contributed by atoms with van der Waals surface area (Å²) in [4.78, 5) is 36.7. The van der Waals surface area contributed by atoms with E-state index in [0.29, 0.717) is 5.82 Å². The molecule has 1 amide bonds. The summed E-state index contributed by atoms with van der Waals surface area (Å²) in [6, 6.07) is 0. The average Bonchev–Trinajstić information content (AvgIpc) is 2.86. The van der Waals surface area contributed by atoms with E-state index < -0.39 is 29.4 Å². The van der Waals surface area contributed by atoms with Gasteiger partial charge >= 0.3 is 11.8 Å². The molecule has 0 saturated heterocycles. The maximum Gasteiger partial charge on any atom is 0.342 e. The van der Waals surface area contributed by atoms with Gasteiger partial charge in [-0.3, -0.25) is 14.9 Å². The molecule has 0 spiro atoms. The number of amides is 1. The van der Waals surface area contributed by atoms with Gasteiger partial charge in [-0.1, -0.05) is 5.16 Å². The SMILES string of the molecule is Cc1ncc([N+](=O)[O-])n1CCCC(=O)OCC(=O)NC(N)=NO. The summed E-state index contributed by atoms with van der Waals surface area (Å²) in [6.07, 6.45) is 1.38. The van der Waals surface area contributed by atoms with Crippen LogP contribution in [0.4, 0.5) is 5.82 Å². The summed E-state index contributed by atoms with van der Waals surface area (Å²) in [5.74, 6) is -1.62. The fraction of sp³-hybridized carbons (Fsp3) is 0.455. The second-order valence-electron chi connectivity index (χ2n) is 4.37. The van der Waals surface area contributed by atoms with Crippen LogP contribution in [0.3, 0.4) is 0 Å². The highest BCUT2D eigenvalue weighted by Crippen LogP contribution is 2.14. The number of esters is 1. The van der Waals surface area contributed by atoms with Crippen LogP contribution in [-0.4, -0.2) is 44.1 Å². The molecule has 0 atom stereocenters. The molecule has 1 aromatic heterocycles. The van der Waals surface area contributed by atoms with E-state index in [9.17, 15) is 19.7 Å². The maximum atomic E-state index is 11.5. The van der Waals surface area contributed by atoms with Crippen LogP contribution in [0, 0.1) is 17.0 Å². The van der Waals surface area contributed by atoms with Crippen molar-refractivity contribution in [2.75, 3.05) is 6.61 Å². The van der Waals surface area contributed by atoms with Gasteiger partial charge in [0.1, 0.15) is 6.20 Å². The van der Waals surface area contributed by atoms with Crippen molar-refractivity contribution >= 4 is 23.7 Å². The first kappa shape index (κ1) is 17.9. The van der Waals surface area contributed by atoms with Crippen LogP contribution in [-0.2, 0) is 20.9 Å². The lowest BCUT2D eigenvalue weighted by Crippen LogP contribution is -2.39. The molecule has 126 valence electrons. The van der Waals surface area contributed by atoms with Crippen LogP contribution < -0.4 is 11.1 Å². The second-order valence-corrected chi connectivity index (χ2v) is 4.37. The minimum absolute atomic E-state index is 0.0361. The van der Waals surface area contributed by atoms with Gasteiger partial charge in [-0.25, -0.2) is 9.55 Å². The van der Waals surface area contributed by atoms with Gasteiger partial charge in [0, 0.05) is 13.3 Å². The summed E-state index contributed by atoms with van der Waals surface area (Å²) in [6.45, 7) is 1.25. The van der Waals surface area contributed by atoms with Gasteiger partial charge in [0.15, 0.2) is 12.4 Å². The topological polar surface area (TPSA) is 175 Å². The Hall–Kier alpha value is -3.18. The molecule has 0 bridgehead atoms. The molecule has 0 aliphatic carbocycles. The highest BCUT2D eigenvalue weighted by atomic mass is 16.6. The van der Waals surface area contributed by atoms with Crippen LogP contribution >= 0.6 is 0 Å². The Balaban J connectivity index is 2.36. The summed E-state index contributed by atoms with van der Waals surface area (Å²) in [5, 5.41) is 23.5. The standard InChI is InChI=1S/C11H16N6O6/c1-7-13-5-9(17(21)22)16(7)4-2-3-10(19)23-6-8(18)14-11(12)15-20/h5,20H,2-4,6H2,1H3,(H3,12,14,15,18). The van der Waals surface area contributed by atoms with Gasteiger partial charge in [0.25, 0.3) is 5.91 Å². The van der Waals surface area contributed by atoms with E-state index in [1.807, 2.05) is 5.32 Å². The first-order valence-electron chi connectivity index (χ1n) is 6.44. The summed E-state index contributed by atoms with van der Waals surface area (Å²) in [5.41, 5.74) is 5.03. The van der Waals surface area contributed by atoms with E-state index in [1.54, 1.807) is 6.92 Å². The third-order valence-electron chi connectivity index (χ3n) is 2.72. The van der Waals surface area contributed by atoms with Gasteiger partial charge in [0.2, 0.25) is 5.96 Å². The van der Waals surface area contributed by atoms with Crippen LogP contribution in [0.2, 0.25) is 0 Å². The normalized spacial score (nSPS) is 11.1. The Kier molecular flexibility index (Phi) is 6.46. The van der Waals surface area contributed by atoms with Crippen LogP contribution in [0.5, 0.6) is 0 Å². The Morgan fingerprint density at radius 1 is 1.61 bits per heavy atom. The number of hydrogen-bond acceptors (Lipinski definition) is 8. The van der Waals surface area contributed by atoms with Crippen molar-refractivity contribution in [2.45, 2.75) is 26.3 Å². The molecule has 0 aliphatic heterocycles. The maximum absolute atomic E-state index is 11.5. The molecule has 1 rings (SSSR count). The number of rotatable bonds is 7. The number of carbonyl (C=O) groups excluding carboxylic acids is 2. The smallest absolute Gasteiger partial charge is 0.342 e. The van der Waals surface area contributed by atoms with Crippen molar-refractivity contribution < 1.29 is 24.5 Å². The van der Waals surface area contributed by atoms with Gasteiger partial charge < -0.3 is 25.8 Å².